The predicted octanol–water partition coefficient (Wildman–Crippen LogP) is 13.7. The number of hydrogen-bond donors (Lipinski definition) is 1. The van der Waals surface area contributed by atoms with Crippen molar-refractivity contribution in [3.05, 3.63) is 166 Å². The molecule has 14 nitrogen and oxygen atoms in total. The van der Waals surface area contributed by atoms with Gasteiger partial charge in [-0.25, -0.2) is 24.4 Å². The molecule has 0 amide bonds. The van der Waals surface area contributed by atoms with Crippen molar-refractivity contribution in [1.29, 1.82) is 0 Å². The van der Waals surface area contributed by atoms with Crippen molar-refractivity contribution < 1.29 is 83.1 Å². The van der Waals surface area contributed by atoms with Gasteiger partial charge < -0.3 is 37.6 Å². The molecule has 0 saturated heterocycles. The Balaban J connectivity index is 0.000000219. The lowest BCUT2D eigenvalue weighted by Crippen LogP contribution is -2.25. The van der Waals surface area contributed by atoms with E-state index in [1.165, 1.54) is 48.5 Å². The highest BCUT2D eigenvalue weighted by Crippen LogP contribution is 2.40. The number of carbonyl (C=O) groups excluding carboxylic acids is 3. The van der Waals surface area contributed by atoms with Crippen molar-refractivity contribution >= 4 is 85.2 Å². The fourth-order valence-electron chi connectivity index (χ4n) is 6.65. The smallest absolute Gasteiger partial charge is 0.416 e. The molecule has 0 fully saturated rings. The topological polar surface area (TPSA) is 187 Å². The minimum atomic E-state index is -4.67. The largest absolute Gasteiger partial charge is 0.478 e. The van der Waals surface area contributed by atoms with Gasteiger partial charge in [-0.3, -0.25) is 4.79 Å². The van der Waals surface area contributed by atoms with Crippen molar-refractivity contribution in [2.75, 3.05) is 25.2 Å². The minimum absolute atomic E-state index is 0.0338. The van der Waals surface area contributed by atoms with Gasteiger partial charge >= 0.3 is 36.2 Å². The number of para-hydroxylation sites is 4. The number of oxazole rings is 2. The number of carboxylic acid groups (broad SMARTS) is 1. The third-order valence-corrected chi connectivity index (χ3v) is 10.9. The van der Waals surface area contributed by atoms with Crippen molar-refractivity contribution in [3.63, 3.8) is 0 Å². The van der Waals surface area contributed by atoms with Gasteiger partial charge in [0, 0.05) is 21.2 Å². The quantitative estimate of drug-likeness (QED) is 0.0442. The van der Waals surface area contributed by atoms with Crippen LogP contribution in [0.3, 0.4) is 0 Å². The molecule has 6 aromatic carbocycles. The first-order valence-electron chi connectivity index (χ1n) is 21.9. The molecule has 0 aliphatic carbocycles. The van der Waals surface area contributed by atoms with Gasteiger partial charge in [0.05, 0.1) is 35.5 Å². The van der Waals surface area contributed by atoms with E-state index < -0.39 is 60.2 Å². The second kappa shape index (κ2) is 25.6. The van der Waals surface area contributed by atoms with E-state index in [0.717, 1.165) is 36.4 Å². The Kier molecular flexibility index (Phi) is 19.3. The third-order valence-electron chi connectivity index (χ3n) is 9.95. The Bertz CT molecular complexity index is 3230. The molecule has 0 spiro atoms. The van der Waals surface area contributed by atoms with Crippen LogP contribution in [0.15, 0.2) is 142 Å². The number of nitrogens with zero attached hydrogens (tertiary/aromatic N) is 2. The van der Waals surface area contributed by atoms with Gasteiger partial charge in [-0.1, -0.05) is 87.7 Å². The van der Waals surface area contributed by atoms with Crippen molar-refractivity contribution in [3.8, 4) is 34.4 Å². The summed E-state index contributed by atoms with van der Waals surface area (Å²) in [5.41, 5.74) is 0.316. The molecule has 0 aliphatic rings. The number of halogens is 9. The molecule has 75 heavy (non-hydrogen) atoms. The molecule has 2 aromatic heterocycles. The van der Waals surface area contributed by atoms with E-state index in [1.54, 1.807) is 62.4 Å². The highest BCUT2D eigenvalue weighted by Gasteiger charge is 2.35. The van der Waals surface area contributed by atoms with Gasteiger partial charge in [0.15, 0.2) is 17.8 Å². The van der Waals surface area contributed by atoms with Crippen LogP contribution in [0, 0.1) is 0 Å². The maximum absolute atomic E-state index is 13.4. The zero-order valence-electron chi connectivity index (χ0n) is 38.9. The Morgan fingerprint density at radius 2 is 1.03 bits per heavy atom. The SMILES string of the molecule is CCOC(=O)CBr.CCOC(=O)COC(=O)C(Oc1ccc(Cl)cc1-c1nc2ccccc2o1)c1cccc(C(F)(F)F)c1.O=C(O)C(Oc1ccc(Cl)cc1-c1nc2ccccc2o1)c1cccc(C(F)(F)F)c1. The minimum Gasteiger partial charge on any atom is -0.478 e. The normalized spacial score (nSPS) is 12.0. The van der Waals surface area contributed by atoms with E-state index in [0.29, 0.717) is 44.2 Å². The van der Waals surface area contributed by atoms with Gasteiger partial charge in [-0.05, 0) is 98.8 Å². The molecular weight excluding hydrogens is 1110 g/mol. The van der Waals surface area contributed by atoms with Crippen LogP contribution in [-0.2, 0) is 45.7 Å². The molecule has 0 bridgehead atoms. The second-order valence-corrected chi connectivity index (χ2v) is 16.6. The number of esters is 3. The van der Waals surface area contributed by atoms with Gasteiger partial charge in [0.1, 0.15) is 27.9 Å². The van der Waals surface area contributed by atoms with Crippen LogP contribution in [0.5, 0.6) is 11.5 Å². The van der Waals surface area contributed by atoms with E-state index in [-0.39, 0.29) is 58.1 Å². The fourth-order valence-corrected chi connectivity index (χ4v) is 7.16. The molecular formula is C52H39BrCl2F6N2O12. The number of benzene rings is 6. The number of aliphatic carboxylic acids is 1. The molecule has 2 heterocycles. The molecule has 0 radical (unpaired) electrons. The van der Waals surface area contributed by atoms with Crippen LogP contribution < -0.4 is 9.47 Å². The van der Waals surface area contributed by atoms with Crippen molar-refractivity contribution in [2.45, 2.75) is 38.4 Å². The molecule has 392 valence electrons. The second-order valence-electron chi connectivity index (χ2n) is 15.2. The zero-order valence-corrected chi connectivity index (χ0v) is 42.0. The fraction of sp³-hybridized carbons (Fsp3) is 0.192. The van der Waals surface area contributed by atoms with Gasteiger partial charge in [-0.2, -0.15) is 26.3 Å². The summed E-state index contributed by atoms with van der Waals surface area (Å²) in [5, 5.41) is 10.5. The summed E-state index contributed by atoms with van der Waals surface area (Å²) in [6.07, 6.45) is -12.7. The van der Waals surface area contributed by atoms with E-state index in [2.05, 4.69) is 30.6 Å². The summed E-state index contributed by atoms with van der Waals surface area (Å²) in [7, 11) is 0. The Morgan fingerprint density at radius 3 is 1.44 bits per heavy atom. The summed E-state index contributed by atoms with van der Waals surface area (Å²) in [6.45, 7) is 3.13. The number of rotatable bonds is 15. The molecule has 2 atom stereocenters. The number of ether oxygens (including phenoxy) is 5. The van der Waals surface area contributed by atoms with Crippen LogP contribution in [-0.4, -0.2) is 64.1 Å². The third kappa shape index (κ3) is 15.5. The zero-order chi connectivity index (χ0) is 54.5. The molecule has 8 rings (SSSR count). The Morgan fingerprint density at radius 1 is 0.587 bits per heavy atom. The summed E-state index contributed by atoms with van der Waals surface area (Å²) in [5.74, 6) is -3.27. The first kappa shape index (κ1) is 56.7. The number of carboxylic acids is 1. The maximum atomic E-state index is 13.4. The van der Waals surface area contributed by atoms with Crippen LogP contribution >= 0.6 is 39.1 Å². The van der Waals surface area contributed by atoms with E-state index in [4.69, 9.17) is 51.0 Å². The highest BCUT2D eigenvalue weighted by molar-refractivity contribution is 9.09. The summed E-state index contributed by atoms with van der Waals surface area (Å²) >= 11 is 15.2. The van der Waals surface area contributed by atoms with Gasteiger partial charge in [-0.15, -0.1) is 0 Å². The number of hydrogen-bond acceptors (Lipinski definition) is 13. The Hall–Kier alpha value is -7.62. The molecule has 8 aromatic rings. The summed E-state index contributed by atoms with van der Waals surface area (Å²) in [6, 6.07) is 30.7. The lowest BCUT2D eigenvalue weighted by atomic mass is 10.1. The van der Waals surface area contributed by atoms with Gasteiger partial charge in [0.2, 0.25) is 24.0 Å². The monoisotopic (exact) mass is 1150 g/mol. The van der Waals surface area contributed by atoms with Crippen LogP contribution in [0.25, 0.3) is 45.1 Å². The number of aromatic nitrogens is 2. The van der Waals surface area contributed by atoms with Crippen LogP contribution in [0.1, 0.15) is 48.3 Å². The predicted molar refractivity (Wildman–Crippen MR) is 264 cm³/mol. The lowest BCUT2D eigenvalue weighted by Gasteiger charge is -2.20. The molecule has 0 aliphatic heterocycles. The first-order valence-corrected chi connectivity index (χ1v) is 23.8. The van der Waals surface area contributed by atoms with E-state index >= 15 is 0 Å². The number of fused-ring (bicyclic) bond motifs is 2. The van der Waals surface area contributed by atoms with Crippen LogP contribution in [0.4, 0.5) is 26.3 Å². The van der Waals surface area contributed by atoms with Crippen molar-refractivity contribution in [1.82, 2.24) is 9.97 Å². The number of alkyl halides is 7. The average Bonchev–Trinajstić information content (AvgIpc) is 4.02. The highest BCUT2D eigenvalue weighted by atomic mass is 79.9. The first-order chi connectivity index (χ1) is 35.7. The average molecular weight is 1150 g/mol. The van der Waals surface area contributed by atoms with E-state index in [1.807, 2.05) is 0 Å². The summed E-state index contributed by atoms with van der Waals surface area (Å²) < 4.78 is 117. The lowest BCUT2D eigenvalue weighted by molar-refractivity contribution is -0.163. The van der Waals surface area contributed by atoms with Gasteiger partial charge in [0.25, 0.3) is 0 Å². The standard InChI is InChI=1S/C26H19ClF3NO6.C22H13ClF3NO4.C4H7BrO2/c1-2-34-22(32)14-35-25(33)23(15-6-5-7-16(12-15)26(28,29)30)36-20-11-10-17(27)13-18(20)24-31-19-8-3-4-9-21(19)37-24;23-14-8-9-17(15(11-14)20-27-16-6-1-2-7-18(16)31-20)30-19(21(28)29)12-4-3-5-13(10-12)22(24,25)26;1-2-7-4(6)3-5/h3-13,23H,2,14H2,1H3;1-11,19H,(H,28,29);2-3H2,1H3. The number of carbonyl (C=O) groups is 4. The molecule has 23 heteroatoms. The maximum Gasteiger partial charge on any atom is 0.416 e. The molecule has 2 unspecified atom stereocenters. The summed E-state index contributed by atoms with van der Waals surface area (Å²) in [4.78, 5) is 55.4. The van der Waals surface area contributed by atoms with Crippen LogP contribution in [0.2, 0.25) is 10.0 Å². The molecule has 0 saturated carbocycles. The Labute approximate surface area is 440 Å². The van der Waals surface area contributed by atoms with Crippen molar-refractivity contribution in [2.24, 2.45) is 0 Å². The molecule has 1 N–H and O–H groups in total. The van der Waals surface area contributed by atoms with E-state index in [9.17, 15) is 50.6 Å².